The van der Waals surface area contributed by atoms with Gasteiger partial charge in [-0.25, -0.2) is 4.98 Å². The SMILES string of the molecule is COCCn1ccc2c(OC3CCN(c4ncc[nH]c4=O)CC3)cccc21. The maximum Gasteiger partial charge on any atom is 0.290 e. The fraction of sp³-hybridized carbons (Fsp3) is 0.400. The van der Waals surface area contributed by atoms with Crippen LogP contribution in [0.4, 0.5) is 5.82 Å². The molecule has 7 heteroatoms. The summed E-state index contributed by atoms with van der Waals surface area (Å²) in [6, 6.07) is 8.26. The molecule has 142 valence electrons. The van der Waals surface area contributed by atoms with Gasteiger partial charge in [-0.15, -0.1) is 0 Å². The number of nitrogens with one attached hydrogen (secondary N) is 1. The minimum Gasteiger partial charge on any atom is -0.490 e. The van der Waals surface area contributed by atoms with Crippen LogP contribution in [0.3, 0.4) is 0 Å². The van der Waals surface area contributed by atoms with Crippen molar-refractivity contribution in [3.8, 4) is 5.75 Å². The van der Waals surface area contributed by atoms with Crippen LogP contribution in [0.1, 0.15) is 12.8 Å². The molecule has 1 aliphatic heterocycles. The van der Waals surface area contributed by atoms with Crippen LogP contribution in [0.15, 0.2) is 47.7 Å². The number of methoxy groups -OCH3 is 1. The number of hydrogen-bond donors (Lipinski definition) is 1. The van der Waals surface area contributed by atoms with Crippen molar-refractivity contribution >= 4 is 16.7 Å². The van der Waals surface area contributed by atoms with E-state index in [1.165, 1.54) is 0 Å². The standard InChI is InChI=1S/C20H24N4O3/c1-26-14-13-23-12-7-16-17(23)3-2-4-18(16)27-15-5-10-24(11-6-15)19-20(25)22-9-8-21-19/h2-4,7-9,12,15H,5-6,10-11,13-14H2,1H3,(H,22,25). The summed E-state index contributed by atoms with van der Waals surface area (Å²) in [5.41, 5.74) is 1.01. The van der Waals surface area contributed by atoms with Crippen molar-refractivity contribution in [2.24, 2.45) is 0 Å². The summed E-state index contributed by atoms with van der Waals surface area (Å²) in [5, 5.41) is 1.12. The van der Waals surface area contributed by atoms with Crippen LogP contribution in [-0.4, -0.2) is 47.4 Å². The summed E-state index contributed by atoms with van der Waals surface area (Å²) in [5.74, 6) is 1.41. The molecule has 1 N–H and O–H groups in total. The van der Waals surface area contributed by atoms with Gasteiger partial charge in [-0.2, -0.15) is 0 Å². The Balaban J connectivity index is 1.44. The van der Waals surface area contributed by atoms with Crippen molar-refractivity contribution in [1.29, 1.82) is 0 Å². The van der Waals surface area contributed by atoms with E-state index in [1.807, 2.05) is 17.0 Å². The molecule has 0 unspecified atom stereocenters. The minimum atomic E-state index is -0.140. The van der Waals surface area contributed by atoms with Crippen LogP contribution in [0.5, 0.6) is 5.75 Å². The molecule has 3 heterocycles. The van der Waals surface area contributed by atoms with Crippen LogP contribution >= 0.6 is 0 Å². The zero-order valence-electron chi connectivity index (χ0n) is 15.4. The molecule has 1 aliphatic rings. The van der Waals surface area contributed by atoms with Crippen molar-refractivity contribution in [2.45, 2.75) is 25.5 Å². The molecule has 3 aromatic rings. The van der Waals surface area contributed by atoms with Gasteiger partial charge in [-0.1, -0.05) is 6.07 Å². The number of aromatic nitrogens is 3. The van der Waals surface area contributed by atoms with Crippen LogP contribution in [0, 0.1) is 0 Å². The highest BCUT2D eigenvalue weighted by atomic mass is 16.5. The van der Waals surface area contributed by atoms with Crippen LogP contribution in [-0.2, 0) is 11.3 Å². The molecule has 1 aromatic carbocycles. The molecule has 1 saturated heterocycles. The van der Waals surface area contributed by atoms with E-state index in [0.29, 0.717) is 12.4 Å². The molecule has 4 rings (SSSR count). The first-order chi connectivity index (χ1) is 13.3. The zero-order chi connectivity index (χ0) is 18.6. The second-order valence-corrected chi connectivity index (χ2v) is 6.74. The fourth-order valence-corrected chi connectivity index (χ4v) is 3.62. The van der Waals surface area contributed by atoms with Gasteiger partial charge in [0.25, 0.3) is 5.56 Å². The lowest BCUT2D eigenvalue weighted by atomic mass is 10.1. The first-order valence-electron chi connectivity index (χ1n) is 9.28. The zero-order valence-corrected chi connectivity index (χ0v) is 15.4. The Kier molecular flexibility index (Phi) is 5.11. The van der Waals surface area contributed by atoms with Gasteiger partial charge in [0.2, 0.25) is 0 Å². The molecule has 0 spiro atoms. The van der Waals surface area contributed by atoms with Gasteiger partial charge in [-0.05, 0) is 18.2 Å². The molecule has 0 saturated carbocycles. The van der Waals surface area contributed by atoms with Gasteiger partial charge in [-0.3, -0.25) is 4.79 Å². The normalized spacial score (nSPS) is 15.4. The van der Waals surface area contributed by atoms with Gasteiger partial charge < -0.3 is 23.9 Å². The number of ether oxygens (including phenoxy) is 2. The number of piperidine rings is 1. The molecule has 27 heavy (non-hydrogen) atoms. The number of nitrogens with zero attached hydrogens (tertiary/aromatic N) is 3. The Morgan fingerprint density at radius 3 is 2.89 bits per heavy atom. The summed E-state index contributed by atoms with van der Waals surface area (Å²) < 4.78 is 13.7. The Bertz CT molecular complexity index is 957. The van der Waals surface area contributed by atoms with E-state index in [1.54, 1.807) is 19.5 Å². The highest BCUT2D eigenvalue weighted by Gasteiger charge is 2.23. The first-order valence-corrected chi connectivity index (χ1v) is 9.28. The molecule has 0 amide bonds. The van der Waals surface area contributed by atoms with E-state index in [0.717, 1.165) is 49.1 Å². The summed E-state index contributed by atoms with van der Waals surface area (Å²) in [6.45, 7) is 3.02. The Hall–Kier alpha value is -2.80. The highest BCUT2D eigenvalue weighted by Crippen LogP contribution is 2.29. The average molecular weight is 368 g/mol. The number of aromatic amines is 1. The van der Waals surface area contributed by atoms with E-state index in [4.69, 9.17) is 9.47 Å². The van der Waals surface area contributed by atoms with E-state index in [9.17, 15) is 4.79 Å². The summed E-state index contributed by atoms with van der Waals surface area (Å²) >= 11 is 0. The lowest BCUT2D eigenvalue weighted by molar-refractivity contribution is 0.173. The Morgan fingerprint density at radius 2 is 2.11 bits per heavy atom. The molecular weight excluding hydrogens is 344 g/mol. The Labute approximate surface area is 157 Å². The molecule has 0 bridgehead atoms. The smallest absolute Gasteiger partial charge is 0.290 e. The van der Waals surface area contributed by atoms with E-state index in [2.05, 4.69) is 32.9 Å². The third-order valence-corrected chi connectivity index (χ3v) is 5.03. The topological polar surface area (TPSA) is 72.4 Å². The molecule has 2 aromatic heterocycles. The minimum absolute atomic E-state index is 0.136. The quantitative estimate of drug-likeness (QED) is 0.723. The number of anilines is 1. The molecule has 1 fully saturated rings. The Morgan fingerprint density at radius 1 is 1.26 bits per heavy atom. The predicted octanol–water partition coefficient (Wildman–Crippen LogP) is 2.42. The third kappa shape index (κ3) is 3.68. The first kappa shape index (κ1) is 17.6. The number of benzene rings is 1. The van der Waals surface area contributed by atoms with Gasteiger partial charge >= 0.3 is 0 Å². The van der Waals surface area contributed by atoms with Crippen LogP contribution in [0.2, 0.25) is 0 Å². The second-order valence-electron chi connectivity index (χ2n) is 6.74. The molecule has 0 atom stereocenters. The number of rotatable bonds is 6. The maximum absolute atomic E-state index is 11.9. The van der Waals surface area contributed by atoms with Crippen molar-refractivity contribution in [2.75, 3.05) is 31.7 Å². The van der Waals surface area contributed by atoms with Gasteiger partial charge in [0.05, 0.1) is 12.1 Å². The molecule has 0 radical (unpaired) electrons. The predicted molar refractivity (Wildman–Crippen MR) is 105 cm³/mol. The van der Waals surface area contributed by atoms with E-state index >= 15 is 0 Å². The lowest BCUT2D eigenvalue weighted by Gasteiger charge is -2.32. The largest absolute Gasteiger partial charge is 0.490 e. The highest BCUT2D eigenvalue weighted by molar-refractivity contribution is 5.86. The number of H-pyrrole nitrogens is 1. The summed E-state index contributed by atoms with van der Waals surface area (Å²) in [7, 11) is 1.71. The molecular formula is C20H24N4O3. The third-order valence-electron chi connectivity index (χ3n) is 5.03. The number of hydrogen-bond acceptors (Lipinski definition) is 5. The van der Waals surface area contributed by atoms with E-state index < -0.39 is 0 Å². The molecule has 7 nitrogen and oxygen atoms in total. The monoisotopic (exact) mass is 368 g/mol. The van der Waals surface area contributed by atoms with Crippen molar-refractivity contribution in [1.82, 2.24) is 14.5 Å². The number of fused-ring (bicyclic) bond motifs is 1. The average Bonchev–Trinajstić information content (AvgIpc) is 3.12. The maximum atomic E-state index is 11.9. The van der Waals surface area contributed by atoms with E-state index in [-0.39, 0.29) is 11.7 Å². The van der Waals surface area contributed by atoms with Crippen molar-refractivity contribution < 1.29 is 9.47 Å². The lowest BCUT2D eigenvalue weighted by Crippen LogP contribution is -2.41. The van der Waals surface area contributed by atoms with Crippen LogP contribution in [0.25, 0.3) is 10.9 Å². The summed E-state index contributed by atoms with van der Waals surface area (Å²) in [6.07, 6.45) is 7.10. The van der Waals surface area contributed by atoms with Crippen molar-refractivity contribution in [3.05, 3.63) is 53.2 Å². The molecule has 0 aliphatic carbocycles. The van der Waals surface area contributed by atoms with Gasteiger partial charge in [0, 0.05) is 63.6 Å². The van der Waals surface area contributed by atoms with Gasteiger partial charge in [0.15, 0.2) is 5.82 Å². The summed E-state index contributed by atoms with van der Waals surface area (Å²) in [4.78, 5) is 20.8. The van der Waals surface area contributed by atoms with Gasteiger partial charge in [0.1, 0.15) is 11.9 Å². The second kappa shape index (κ2) is 7.84. The van der Waals surface area contributed by atoms with Crippen LogP contribution < -0.4 is 15.2 Å². The van der Waals surface area contributed by atoms with Crippen molar-refractivity contribution in [3.63, 3.8) is 0 Å². The fourth-order valence-electron chi connectivity index (χ4n) is 3.62.